The Morgan fingerprint density at radius 2 is 1.00 bits per heavy atom. The van der Waals surface area contributed by atoms with Crippen LogP contribution in [0.2, 0.25) is 0 Å². The van der Waals surface area contributed by atoms with Crippen molar-refractivity contribution >= 4 is 21.7 Å². The third kappa shape index (κ3) is 9.14. The van der Waals surface area contributed by atoms with Gasteiger partial charge in [0.25, 0.3) is 5.56 Å². The van der Waals surface area contributed by atoms with E-state index in [0.29, 0.717) is 0 Å². The van der Waals surface area contributed by atoms with Crippen LogP contribution in [0.1, 0.15) is 75.2 Å². The van der Waals surface area contributed by atoms with Crippen LogP contribution in [0.4, 0.5) is 0 Å². The second-order valence-corrected chi connectivity index (χ2v) is 11.0. The summed E-state index contributed by atoms with van der Waals surface area (Å²) in [7, 11) is 0. The van der Waals surface area contributed by atoms with Crippen molar-refractivity contribution in [2.24, 2.45) is 11.8 Å². The Hall–Kier alpha value is -3.14. The maximum atomic E-state index is 11.6. The molecule has 2 heterocycles. The van der Waals surface area contributed by atoms with Crippen molar-refractivity contribution in [3.05, 3.63) is 90.6 Å². The number of hydrogen-bond donors (Lipinski definition) is 2. The van der Waals surface area contributed by atoms with Gasteiger partial charge in [0.1, 0.15) is 0 Å². The first kappa shape index (κ1) is 30.9. The van der Waals surface area contributed by atoms with Crippen LogP contribution in [0.25, 0.3) is 21.7 Å². The normalized spacial score (nSPS) is 10.4. The summed E-state index contributed by atoms with van der Waals surface area (Å²) in [6, 6.07) is 11.4. The van der Waals surface area contributed by atoms with E-state index < -0.39 is 0 Å². The Morgan fingerprint density at radius 3 is 1.53 bits per heavy atom. The van der Waals surface area contributed by atoms with E-state index in [1.54, 1.807) is 6.07 Å². The molecule has 0 aliphatic heterocycles. The fourth-order valence-electron chi connectivity index (χ4n) is 3.41. The Morgan fingerprint density at radius 1 is 0.556 bits per heavy atom. The second kappa shape index (κ2) is 13.8. The summed E-state index contributed by atoms with van der Waals surface area (Å²) in [5, 5.41) is 2.61. The number of pyridine rings is 2. The zero-order valence-electron chi connectivity index (χ0n) is 24.4. The van der Waals surface area contributed by atoms with Crippen molar-refractivity contribution in [1.82, 2.24) is 9.97 Å². The lowest BCUT2D eigenvalue weighted by molar-refractivity contribution is 0.736. The van der Waals surface area contributed by atoms with Gasteiger partial charge in [0.2, 0.25) is 0 Å². The lowest BCUT2D eigenvalue weighted by Gasteiger charge is -2.06. The van der Waals surface area contributed by atoms with Crippen LogP contribution >= 0.6 is 0 Å². The summed E-state index contributed by atoms with van der Waals surface area (Å²) < 4.78 is 0. The lowest BCUT2D eigenvalue weighted by atomic mass is 10.0. The van der Waals surface area contributed by atoms with Gasteiger partial charge in [-0.2, -0.15) is 0 Å². The molecule has 0 aliphatic carbocycles. The number of H-pyrrole nitrogens is 2. The van der Waals surface area contributed by atoms with Crippen LogP contribution in [0.3, 0.4) is 0 Å². The number of rotatable bonds is 0. The molecule has 4 heteroatoms. The van der Waals surface area contributed by atoms with Crippen molar-refractivity contribution in [1.29, 1.82) is 0 Å². The lowest BCUT2D eigenvalue weighted by Crippen LogP contribution is -2.08. The minimum absolute atomic E-state index is 0.00287. The molecule has 2 aromatic heterocycles. The molecule has 0 bridgehead atoms. The highest BCUT2D eigenvalue weighted by molar-refractivity contribution is 5.86. The Bertz CT molecular complexity index is 1290. The number of aromatic nitrogens is 2. The summed E-state index contributed by atoms with van der Waals surface area (Å²) >= 11 is 0. The molecule has 0 aliphatic rings. The SMILES string of the molecule is CC(C)C.CC(C)C.Cc1cc(=O)c2ccc(C)c(C)c2[nH]1.Cc1cc2c(C)c(C)ccc2c(=O)[nH]1. The van der Waals surface area contributed by atoms with Gasteiger partial charge in [0, 0.05) is 28.2 Å². The number of aromatic amines is 2. The van der Waals surface area contributed by atoms with Gasteiger partial charge >= 0.3 is 0 Å². The number of nitrogens with one attached hydrogen (secondary N) is 2. The molecule has 2 N–H and O–H groups in total. The molecule has 196 valence electrons. The predicted octanol–water partition coefficient (Wildman–Crippen LogP) is 8.23. The first-order chi connectivity index (χ1) is 16.6. The zero-order chi connectivity index (χ0) is 27.7. The zero-order valence-corrected chi connectivity index (χ0v) is 24.4. The number of fused-ring (bicyclic) bond motifs is 2. The van der Waals surface area contributed by atoms with E-state index in [9.17, 15) is 9.59 Å². The summed E-state index contributed by atoms with van der Waals surface area (Å²) in [4.78, 5) is 29.3. The first-order valence-corrected chi connectivity index (χ1v) is 12.8. The average Bonchev–Trinajstić information content (AvgIpc) is 2.73. The van der Waals surface area contributed by atoms with Crippen molar-refractivity contribution in [2.45, 2.75) is 83.1 Å². The molecule has 2 aromatic carbocycles. The molecule has 0 saturated carbocycles. The molecule has 0 radical (unpaired) electrons. The quantitative estimate of drug-likeness (QED) is 0.261. The van der Waals surface area contributed by atoms with E-state index in [-0.39, 0.29) is 11.0 Å². The third-order valence-corrected chi connectivity index (χ3v) is 5.37. The van der Waals surface area contributed by atoms with Crippen molar-refractivity contribution in [2.75, 3.05) is 0 Å². The van der Waals surface area contributed by atoms with Crippen LogP contribution < -0.4 is 11.0 Å². The molecular formula is C32H46N2O2. The Balaban J connectivity index is 0.000000279. The molecule has 0 atom stereocenters. The largest absolute Gasteiger partial charge is 0.358 e. The Labute approximate surface area is 217 Å². The molecule has 0 unspecified atom stereocenters. The van der Waals surface area contributed by atoms with Gasteiger partial charge in [-0.25, -0.2) is 0 Å². The molecule has 36 heavy (non-hydrogen) atoms. The van der Waals surface area contributed by atoms with Crippen molar-refractivity contribution in [3.8, 4) is 0 Å². The summed E-state index contributed by atoms with van der Waals surface area (Å²) in [5.41, 5.74) is 7.67. The van der Waals surface area contributed by atoms with Crippen LogP contribution in [-0.4, -0.2) is 9.97 Å². The minimum atomic E-state index is 0.00287. The molecule has 0 saturated heterocycles. The minimum Gasteiger partial charge on any atom is -0.358 e. The van der Waals surface area contributed by atoms with Crippen molar-refractivity contribution < 1.29 is 0 Å². The van der Waals surface area contributed by atoms with Crippen molar-refractivity contribution in [3.63, 3.8) is 0 Å². The van der Waals surface area contributed by atoms with Gasteiger partial charge in [-0.05, 0) is 99.2 Å². The van der Waals surface area contributed by atoms with Crippen LogP contribution in [0.15, 0.2) is 46.0 Å². The van der Waals surface area contributed by atoms with Crippen LogP contribution in [-0.2, 0) is 0 Å². The Kier molecular flexibility index (Phi) is 11.9. The number of benzene rings is 2. The van der Waals surface area contributed by atoms with Gasteiger partial charge in [0.05, 0.1) is 5.52 Å². The van der Waals surface area contributed by atoms with Gasteiger partial charge in [-0.15, -0.1) is 0 Å². The number of aryl methyl sites for hydroxylation is 6. The number of hydrogen-bond acceptors (Lipinski definition) is 2. The summed E-state index contributed by atoms with van der Waals surface area (Å²) in [6.07, 6.45) is 0. The first-order valence-electron chi connectivity index (χ1n) is 12.8. The maximum absolute atomic E-state index is 11.6. The standard InChI is InChI=1S/2C12H13NO.2C4H10/c1-7-4-5-10-11(14)6-8(2)13-12(10)9(7)3;1-7-4-5-10-11(9(7)3)6-8(2)13-12(10)14;2*1-4(2)3/h2*4-6H,1-3H3,(H,13,14);2*4H,1-3H3. The highest BCUT2D eigenvalue weighted by Crippen LogP contribution is 2.19. The molecule has 4 rings (SSSR count). The maximum Gasteiger partial charge on any atom is 0.256 e. The second-order valence-electron chi connectivity index (χ2n) is 11.0. The summed E-state index contributed by atoms with van der Waals surface area (Å²) in [5.74, 6) is 1.67. The van der Waals surface area contributed by atoms with Crippen LogP contribution in [0.5, 0.6) is 0 Å². The summed E-state index contributed by atoms with van der Waals surface area (Å²) in [6.45, 7) is 25.0. The third-order valence-electron chi connectivity index (χ3n) is 5.37. The smallest absolute Gasteiger partial charge is 0.256 e. The van der Waals surface area contributed by atoms with E-state index in [4.69, 9.17) is 0 Å². The topological polar surface area (TPSA) is 65.7 Å². The van der Waals surface area contributed by atoms with E-state index in [1.165, 1.54) is 16.7 Å². The monoisotopic (exact) mass is 490 g/mol. The van der Waals surface area contributed by atoms with E-state index in [2.05, 4.69) is 72.3 Å². The van der Waals surface area contributed by atoms with E-state index in [1.807, 2.05) is 51.1 Å². The van der Waals surface area contributed by atoms with Gasteiger partial charge in [0.15, 0.2) is 5.43 Å². The highest BCUT2D eigenvalue weighted by Gasteiger charge is 2.05. The molecular weight excluding hydrogens is 444 g/mol. The fourth-order valence-corrected chi connectivity index (χ4v) is 3.41. The molecule has 0 amide bonds. The molecule has 0 fully saturated rings. The van der Waals surface area contributed by atoms with Gasteiger partial charge < -0.3 is 9.97 Å². The van der Waals surface area contributed by atoms with Gasteiger partial charge in [-0.1, -0.05) is 53.7 Å². The highest BCUT2D eigenvalue weighted by atomic mass is 16.1. The molecule has 4 nitrogen and oxygen atoms in total. The van der Waals surface area contributed by atoms with Gasteiger partial charge in [-0.3, -0.25) is 9.59 Å². The average molecular weight is 491 g/mol. The van der Waals surface area contributed by atoms with Crippen LogP contribution in [0, 0.1) is 53.4 Å². The fraction of sp³-hybridized carbons (Fsp3) is 0.438. The van der Waals surface area contributed by atoms with E-state index in [0.717, 1.165) is 50.5 Å². The predicted molar refractivity (Wildman–Crippen MR) is 159 cm³/mol. The molecule has 4 aromatic rings. The van der Waals surface area contributed by atoms with E-state index >= 15 is 0 Å². The molecule has 0 spiro atoms.